The molecular formula is C58H104O35. The first-order valence-electron chi connectivity index (χ1n) is 32.0. The molecule has 546 valence electrons. The third-order valence-electron chi connectivity index (χ3n) is 19.3. The van der Waals surface area contributed by atoms with Crippen molar-refractivity contribution in [2.24, 2.45) is 29.6 Å². The molecule has 0 saturated carbocycles. The van der Waals surface area contributed by atoms with Crippen molar-refractivity contribution in [2.75, 3.05) is 126 Å². The Hall–Kier alpha value is -1.40. The van der Waals surface area contributed by atoms with Crippen LogP contribution in [0.2, 0.25) is 0 Å². The van der Waals surface area contributed by atoms with E-state index in [0.29, 0.717) is 6.42 Å². The normalized spacial score (nSPS) is 46.8. The summed E-state index contributed by atoms with van der Waals surface area (Å²) in [7, 11) is 1.38. The molecule has 0 aromatic rings. The Morgan fingerprint density at radius 2 is 0.430 bits per heavy atom. The SMILES string of the molecule is CCC1C(O)C(CO)OC(COCC2C(O)C(COCCC3OC(CO)C(O)C(O)C3O)OC(COCC3C(O)C(CO)OC(COCC4C(O)C(COCCC5OC(CO)C(O)C(O)C5O)OC(COCC5C(O)C(CO)OC(COC)C5O)C4O)C3O)C2O)C1O. The molecule has 7 aliphatic heterocycles. The van der Waals surface area contributed by atoms with Gasteiger partial charge < -0.3 is 174 Å². The minimum Gasteiger partial charge on any atom is -0.394 e. The van der Waals surface area contributed by atoms with Gasteiger partial charge in [-0.1, -0.05) is 6.92 Å². The van der Waals surface area contributed by atoms with E-state index in [-0.39, 0.29) is 65.7 Å². The fourth-order valence-electron chi connectivity index (χ4n) is 13.5. The molecular weight excluding hydrogens is 1260 g/mol. The molecule has 93 heavy (non-hydrogen) atoms. The fourth-order valence-corrected chi connectivity index (χ4v) is 13.5. The van der Waals surface area contributed by atoms with E-state index in [9.17, 15) is 107 Å². The first-order valence-corrected chi connectivity index (χ1v) is 32.0. The van der Waals surface area contributed by atoms with Crippen molar-refractivity contribution in [3.05, 3.63) is 0 Å². The summed E-state index contributed by atoms with van der Waals surface area (Å²) in [6, 6.07) is 0. The second-order valence-corrected chi connectivity index (χ2v) is 25.3. The molecule has 0 spiro atoms. The Balaban J connectivity index is 0.984. The summed E-state index contributed by atoms with van der Waals surface area (Å²) in [6.45, 7) is -5.79. The summed E-state index contributed by atoms with van der Waals surface area (Å²) in [5.74, 6) is -5.24. The van der Waals surface area contributed by atoms with Crippen LogP contribution in [-0.2, 0) is 66.3 Å². The quantitative estimate of drug-likeness (QED) is 0.0266. The first kappa shape index (κ1) is 78.9. The van der Waals surface area contributed by atoms with Crippen molar-refractivity contribution in [1.82, 2.24) is 0 Å². The van der Waals surface area contributed by atoms with Crippen LogP contribution in [-0.4, -0.2) is 416 Å². The van der Waals surface area contributed by atoms with Gasteiger partial charge in [0.15, 0.2) is 0 Å². The van der Waals surface area contributed by atoms with Crippen molar-refractivity contribution in [1.29, 1.82) is 0 Å². The molecule has 0 amide bonds. The van der Waals surface area contributed by atoms with E-state index in [1.807, 2.05) is 0 Å². The Labute approximate surface area is 537 Å². The second kappa shape index (κ2) is 37.9. The molecule has 0 radical (unpaired) electrons. The van der Waals surface area contributed by atoms with Gasteiger partial charge in [-0.15, -0.1) is 0 Å². The predicted octanol–water partition coefficient (Wildman–Crippen LogP) is -11.9. The lowest BCUT2D eigenvalue weighted by atomic mass is 9.84. The summed E-state index contributed by atoms with van der Waals surface area (Å²) in [5.41, 5.74) is 0. The van der Waals surface area contributed by atoms with Crippen LogP contribution in [0.1, 0.15) is 26.2 Å². The zero-order valence-corrected chi connectivity index (χ0v) is 52.2. The van der Waals surface area contributed by atoms with Gasteiger partial charge in [-0.2, -0.15) is 0 Å². The number of ether oxygens (including phenoxy) is 14. The molecule has 0 bridgehead atoms. The summed E-state index contributed by atoms with van der Waals surface area (Å²) in [4.78, 5) is 0. The lowest BCUT2D eigenvalue weighted by molar-refractivity contribution is -0.254. The Kier molecular flexibility index (Phi) is 32.1. The Morgan fingerprint density at radius 3 is 0.699 bits per heavy atom. The van der Waals surface area contributed by atoms with Crippen LogP contribution in [0, 0.1) is 29.6 Å². The van der Waals surface area contributed by atoms with Crippen LogP contribution in [0.5, 0.6) is 0 Å². The Bertz CT molecular complexity index is 2080. The van der Waals surface area contributed by atoms with Gasteiger partial charge in [0.25, 0.3) is 0 Å². The molecule has 7 saturated heterocycles. The van der Waals surface area contributed by atoms with E-state index in [4.69, 9.17) is 66.3 Å². The topological polar surface area (TPSA) is 554 Å². The zero-order valence-electron chi connectivity index (χ0n) is 52.2. The third kappa shape index (κ3) is 19.4. The number of aliphatic hydroxyl groups excluding tert-OH is 21. The fraction of sp³-hybridized carbons (Fsp3) is 1.00. The molecule has 35 unspecified atom stereocenters. The maximum absolute atomic E-state index is 11.8. The van der Waals surface area contributed by atoms with Crippen LogP contribution in [0.15, 0.2) is 0 Å². The molecule has 35 heteroatoms. The summed E-state index contributed by atoms with van der Waals surface area (Å²) < 4.78 is 81.3. The number of aliphatic hydroxyl groups is 21. The first-order chi connectivity index (χ1) is 44.5. The van der Waals surface area contributed by atoms with E-state index < -0.39 is 279 Å². The number of rotatable bonds is 34. The van der Waals surface area contributed by atoms with Crippen molar-refractivity contribution in [3.63, 3.8) is 0 Å². The molecule has 7 heterocycles. The average molecular weight is 1360 g/mol. The second-order valence-electron chi connectivity index (χ2n) is 25.3. The van der Waals surface area contributed by atoms with Gasteiger partial charge in [-0.3, -0.25) is 0 Å². The molecule has 0 aliphatic carbocycles. The molecule has 0 aromatic heterocycles. The van der Waals surface area contributed by atoms with E-state index in [2.05, 4.69) is 0 Å². The number of methoxy groups -OCH3 is 1. The average Bonchev–Trinajstić information content (AvgIpc) is 1.02. The Morgan fingerprint density at radius 1 is 0.226 bits per heavy atom. The molecule has 21 N–H and O–H groups in total. The van der Waals surface area contributed by atoms with Crippen molar-refractivity contribution in [3.8, 4) is 0 Å². The predicted molar refractivity (Wildman–Crippen MR) is 306 cm³/mol. The van der Waals surface area contributed by atoms with E-state index in [1.54, 1.807) is 6.92 Å². The van der Waals surface area contributed by atoms with Crippen molar-refractivity contribution >= 4 is 0 Å². The molecule has 0 aromatic carbocycles. The van der Waals surface area contributed by atoms with Gasteiger partial charge in [0, 0.05) is 49.9 Å². The smallest absolute Gasteiger partial charge is 0.111 e. The molecule has 35 nitrogen and oxygen atoms in total. The lowest BCUT2D eigenvalue weighted by Gasteiger charge is -2.45. The zero-order chi connectivity index (χ0) is 68.0. The van der Waals surface area contributed by atoms with Crippen molar-refractivity contribution < 1.29 is 174 Å². The number of hydrogen-bond acceptors (Lipinski definition) is 35. The molecule has 35 atom stereocenters. The van der Waals surface area contributed by atoms with Crippen LogP contribution in [0.4, 0.5) is 0 Å². The standard InChI is InChI=1S/C58H104O35/c1-3-24-43(64)31(8-59)90-39(44(24)65)20-85-15-27-49(70)37(18-81-6-4-29-53(74)57(78)55(76)34(11-62)87-29)93-42(51(27)72)23-84-14-26-46(67)33(10-61)91-40(48(26)69)21-86-16-28-50(71)38(19-82-7-5-30-54(75)58(79)56(77)35(12-63)88-30)92-41(52(28)73)22-83-13-25-45(66)32(9-60)89-36(17-80-2)47(25)68/h24-79H,3-23H2,1-2H3. The van der Waals surface area contributed by atoms with Crippen LogP contribution in [0.25, 0.3) is 0 Å². The van der Waals surface area contributed by atoms with Gasteiger partial charge in [0.2, 0.25) is 0 Å². The van der Waals surface area contributed by atoms with Crippen LogP contribution >= 0.6 is 0 Å². The van der Waals surface area contributed by atoms with Gasteiger partial charge in [-0.25, -0.2) is 0 Å². The minimum atomic E-state index is -1.63. The molecule has 7 aliphatic rings. The van der Waals surface area contributed by atoms with Gasteiger partial charge in [-0.05, 0) is 19.3 Å². The largest absolute Gasteiger partial charge is 0.394 e. The van der Waals surface area contributed by atoms with E-state index in [1.165, 1.54) is 7.11 Å². The highest BCUT2D eigenvalue weighted by molar-refractivity contribution is 4.99. The van der Waals surface area contributed by atoms with Crippen LogP contribution in [0.3, 0.4) is 0 Å². The summed E-state index contributed by atoms with van der Waals surface area (Å²) in [6.07, 6.45) is -39.8. The van der Waals surface area contributed by atoms with E-state index in [0.717, 1.165) is 0 Å². The van der Waals surface area contributed by atoms with Gasteiger partial charge in [0.1, 0.15) is 110 Å². The number of hydrogen-bond donors (Lipinski definition) is 21. The maximum Gasteiger partial charge on any atom is 0.111 e. The summed E-state index contributed by atoms with van der Waals surface area (Å²) >= 11 is 0. The molecule has 7 rings (SSSR count). The third-order valence-corrected chi connectivity index (χ3v) is 19.3. The minimum absolute atomic E-state index is 0.0519. The van der Waals surface area contributed by atoms with E-state index >= 15 is 0 Å². The van der Waals surface area contributed by atoms with Gasteiger partial charge >= 0.3 is 0 Å². The molecule has 7 fully saturated rings. The lowest BCUT2D eigenvalue weighted by Crippen LogP contribution is -2.60. The summed E-state index contributed by atoms with van der Waals surface area (Å²) in [5, 5.41) is 225. The monoisotopic (exact) mass is 1360 g/mol. The highest BCUT2D eigenvalue weighted by Gasteiger charge is 2.52. The highest BCUT2D eigenvalue weighted by atomic mass is 16.6. The van der Waals surface area contributed by atoms with Crippen molar-refractivity contribution in [2.45, 2.75) is 209 Å². The van der Waals surface area contributed by atoms with Crippen LogP contribution < -0.4 is 0 Å². The van der Waals surface area contributed by atoms with Gasteiger partial charge in [0.05, 0.1) is 179 Å². The highest BCUT2D eigenvalue weighted by Crippen LogP contribution is 2.35. The maximum atomic E-state index is 11.8.